The molecule has 0 bridgehead atoms. The molecule has 3 N–H and O–H groups in total. The smallest absolute Gasteiger partial charge is 0.348 e. The lowest BCUT2D eigenvalue weighted by Crippen LogP contribution is -2.11. The molecular formula is C41H60O5. The molecule has 0 aromatic heterocycles. The number of rotatable bonds is 24. The molecule has 0 aliphatic heterocycles. The maximum absolute atomic E-state index is 13.5. The van der Waals surface area contributed by atoms with E-state index in [1.807, 2.05) is 24.3 Å². The van der Waals surface area contributed by atoms with Gasteiger partial charge in [-0.25, -0.2) is 4.79 Å². The number of hydrogen-bond acceptors (Lipinski definition) is 5. The van der Waals surface area contributed by atoms with Gasteiger partial charge in [0.15, 0.2) is 23.0 Å². The van der Waals surface area contributed by atoms with Crippen molar-refractivity contribution in [1.29, 1.82) is 0 Å². The zero-order chi connectivity index (χ0) is 33.0. The third-order valence-electron chi connectivity index (χ3n) is 9.34. The molecule has 3 aromatic rings. The van der Waals surface area contributed by atoms with Crippen LogP contribution in [0.2, 0.25) is 0 Å². The summed E-state index contributed by atoms with van der Waals surface area (Å²) in [6.07, 6.45) is 25.9. The first-order chi connectivity index (χ1) is 22.5. The fourth-order valence-electron chi connectivity index (χ4n) is 6.54. The van der Waals surface area contributed by atoms with Gasteiger partial charge in [-0.1, -0.05) is 166 Å². The van der Waals surface area contributed by atoms with E-state index in [4.69, 9.17) is 4.74 Å². The van der Waals surface area contributed by atoms with Crippen LogP contribution in [0, 0.1) is 0 Å². The van der Waals surface area contributed by atoms with Crippen LogP contribution < -0.4 is 4.74 Å². The standard InChI is InChI=1S/C41H60O5/c1-3-5-7-9-11-13-15-17-19-21-26-32-27-25-31-36(38(32)42)46-41(45)37-34-29-24-23-28-33(34)35(39(43)40(37)44)30-22-20-18-16-14-12-10-8-6-4-2/h23-25,27-29,31,42-44H,3-22,26,30H2,1-2H3. The van der Waals surface area contributed by atoms with Gasteiger partial charge in [-0.15, -0.1) is 0 Å². The minimum Gasteiger partial charge on any atom is -0.504 e. The Labute approximate surface area is 278 Å². The first-order valence-electron chi connectivity index (χ1n) is 18.5. The molecule has 0 aliphatic carbocycles. The van der Waals surface area contributed by atoms with Crippen molar-refractivity contribution in [3.63, 3.8) is 0 Å². The number of carbonyl (C=O) groups excluding carboxylic acids is 1. The van der Waals surface area contributed by atoms with Gasteiger partial charge in [-0.2, -0.15) is 0 Å². The Bertz CT molecular complexity index is 1310. The molecule has 0 saturated carbocycles. The van der Waals surface area contributed by atoms with Gasteiger partial charge < -0.3 is 20.1 Å². The van der Waals surface area contributed by atoms with Gasteiger partial charge in [0, 0.05) is 10.9 Å². The number of ether oxygens (including phenoxy) is 1. The highest BCUT2D eigenvalue weighted by Gasteiger charge is 2.25. The van der Waals surface area contributed by atoms with Crippen LogP contribution in [0.4, 0.5) is 0 Å². The Kier molecular flexibility index (Phi) is 17.5. The highest BCUT2D eigenvalue weighted by atomic mass is 16.5. The number of unbranched alkanes of at least 4 members (excludes halogenated alkanes) is 18. The van der Waals surface area contributed by atoms with Crippen LogP contribution in [-0.2, 0) is 12.8 Å². The number of phenolic OH excluding ortho intramolecular Hbond substituents is 3. The number of aryl methyl sites for hydroxylation is 2. The van der Waals surface area contributed by atoms with Gasteiger partial charge >= 0.3 is 5.97 Å². The van der Waals surface area contributed by atoms with Crippen molar-refractivity contribution < 1.29 is 24.9 Å². The zero-order valence-electron chi connectivity index (χ0n) is 28.8. The van der Waals surface area contributed by atoms with Crippen LogP contribution in [-0.4, -0.2) is 21.3 Å². The Morgan fingerprint density at radius 3 is 1.54 bits per heavy atom. The molecule has 3 rings (SSSR count). The molecular weight excluding hydrogens is 572 g/mol. The van der Waals surface area contributed by atoms with E-state index in [0.717, 1.165) is 43.1 Å². The Morgan fingerprint density at radius 1 is 0.522 bits per heavy atom. The first-order valence-corrected chi connectivity index (χ1v) is 18.5. The summed E-state index contributed by atoms with van der Waals surface area (Å²) >= 11 is 0. The van der Waals surface area contributed by atoms with Crippen molar-refractivity contribution in [3.8, 4) is 23.0 Å². The Balaban J connectivity index is 1.56. The van der Waals surface area contributed by atoms with Crippen LogP contribution in [0.1, 0.15) is 164 Å². The molecule has 0 fully saturated rings. The number of phenols is 3. The number of fused-ring (bicyclic) bond motifs is 1. The molecule has 3 aromatic carbocycles. The molecule has 0 radical (unpaired) electrons. The number of benzene rings is 3. The minimum absolute atomic E-state index is 0.0441. The average molecular weight is 633 g/mol. The van der Waals surface area contributed by atoms with E-state index < -0.39 is 11.7 Å². The van der Waals surface area contributed by atoms with E-state index in [1.165, 1.54) is 96.3 Å². The summed E-state index contributed by atoms with van der Waals surface area (Å²) in [5, 5.41) is 34.3. The van der Waals surface area contributed by atoms with E-state index >= 15 is 0 Å². The summed E-state index contributed by atoms with van der Waals surface area (Å²) in [5.74, 6) is -1.52. The predicted octanol–water partition coefficient (Wildman–Crippen LogP) is 12.1. The van der Waals surface area contributed by atoms with Gasteiger partial charge in [-0.3, -0.25) is 0 Å². The maximum Gasteiger partial charge on any atom is 0.348 e. The van der Waals surface area contributed by atoms with Crippen molar-refractivity contribution in [2.75, 3.05) is 0 Å². The van der Waals surface area contributed by atoms with Crippen molar-refractivity contribution in [2.24, 2.45) is 0 Å². The van der Waals surface area contributed by atoms with Gasteiger partial charge in [0.05, 0.1) is 0 Å². The molecule has 0 spiro atoms. The van der Waals surface area contributed by atoms with E-state index in [-0.39, 0.29) is 22.8 Å². The maximum atomic E-state index is 13.5. The number of hydrogen-bond donors (Lipinski definition) is 3. The third-order valence-corrected chi connectivity index (χ3v) is 9.34. The van der Waals surface area contributed by atoms with Gasteiger partial charge in [0.25, 0.3) is 0 Å². The van der Waals surface area contributed by atoms with Crippen molar-refractivity contribution >= 4 is 16.7 Å². The topological polar surface area (TPSA) is 87.0 Å². The summed E-state index contributed by atoms with van der Waals surface area (Å²) in [6.45, 7) is 4.48. The molecule has 0 amide bonds. The summed E-state index contributed by atoms with van der Waals surface area (Å²) < 4.78 is 5.66. The predicted molar refractivity (Wildman–Crippen MR) is 191 cm³/mol. The molecule has 5 nitrogen and oxygen atoms in total. The normalized spacial score (nSPS) is 11.3. The molecule has 46 heavy (non-hydrogen) atoms. The fourth-order valence-corrected chi connectivity index (χ4v) is 6.54. The Morgan fingerprint density at radius 2 is 1.00 bits per heavy atom. The Hall–Kier alpha value is -3.21. The largest absolute Gasteiger partial charge is 0.504 e. The molecule has 0 saturated heterocycles. The lowest BCUT2D eigenvalue weighted by atomic mass is 9.93. The molecule has 0 heterocycles. The monoisotopic (exact) mass is 632 g/mol. The quantitative estimate of drug-likeness (QED) is 0.0396. The second kappa shape index (κ2) is 21.6. The van der Waals surface area contributed by atoms with E-state index in [0.29, 0.717) is 23.8 Å². The molecule has 0 unspecified atom stereocenters. The number of esters is 1. The highest BCUT2D eigenvalue weighted by Crippen LogP contribution is 2.42. The SMILES string of the molecule is CCCCCCCCCCCCc1cccc(OC(=O)c2c(O)c(O)c(CCCCCCCCCCCC)c3ccccc23)c1O. The molecule has 254 valence electrons. The summed E-state index contributed by atoms with van der Waals surface area (Å²) in [5.41, 5.74) is 1.32. The van der Waals surface area contributed by atoms with Gasteiger partial charge in [-0.05, 0) is 42.7 Å². The van der Waals surface area contributed by atoms with Crippen molar-refractivity contribution in [1.82, 2.24) is 0 Å². The molecule has 5 heteroatoms. The number of aromatic hydroxyl groups is 3. The second-order valence-corrected chi connectivity index (χ2v) is 13.1. The summed E-state index contributed by atoms with van der Waals surface area (Å²) in [7, 11) is 0. The third kappa shape index (κ3) is 11.9. The zero-order valence-corrected chi connectivity index (χ0v) is 28.8. The van der Waals surface area contributed by atoms with E-state index in [9.17, 15) is 20.1 Å². The van der Waals surface area contributed by atoms with Gasteiger partial charge in [0.1, 0.15) is 5.56 Å². The lowest BCUT2D eigenvalue weighted by molar-refractivity contribution is 0.0728. The number of carbonyl (C=O) groups is 1. The van der Waals surface area contributed by atoms with Crippen LogP contribution >= 0.6 is 0 Å². The van der Waals surface area contributed by atoms with E-state index in [1.54, 1.807) is 18.2 Å². The first kappa shape index (κ1) is 37.2. The van der Waals surface area contributed by atoms with Crippen LogP contribution in [0.5, 0.6) is 23.0 Å². The minimum atomic E-state index is -0.805. The summed E-state index contributed by atoms with van der Waals surface area (Å²) in [4.78, 5) is 13.5. The number of para-hydroxylation sites is 1. The average Bonchev–Trinajstić information content (AvgIpc) is 3.06. The van der Waals surface area contributed by atoms with E-state index in [2.05, 4.69) is 13.8 Å². The highest BCUT2D eigenvalue weighted by molar-refractivity contribution is 6.10. The van der Waals surface area contributed by atoms with Crippen molar-refractivity contribution in [3.05, 3.63) is 59.2 Å². The lowest BCUT2D eigenvalue weighted by Gasteiger charge is -2.16. The van der Waals surface area contributed by atoms with Crippen LogP contribution in [0.15, 0.2) is 42.5 Å². The second-order valence-electron chi connectivity index (χ2n) is 13.1. The summed E-state index contributed by atoms with van der Waals surface area (Å²) in [6, 6.07) is 12.5. The van der Waals surface area contributed by atoms with Crippen molar-refractivity contribution in [2.45, 2.75) is 155 Å². The fraction of sp³-hybridized carbons (Fsp3) is 0.585. The molecule has 0 aliphatic rings. The van der Waals surface area contributed by atoms with Gasteiger partial charge in [0.2, 0.25) is 0 Å². The molecule has 0 atom stereocenters. The van der Waals surface area contributed by atoms with Crippen LogP contribution in [0.3, 0.4) is 0 Å². The van der Waals surface area contributed by atoms with Crippen LogP contribution in [0.25, 0.3) is 10.8 Å².